The van der Waals surface area contributed by atoms with Crippen LogP contribution < -0.4 is 5.32 Å². The van der Waals surface area contributed by atoms with Gasteiger partial charge in [0.15, 0.2) is 5.82 Å². The fourth-order valence-corrected chi connectivity index (χ4v) is 4.87. The number of aryl methyl sites for hydroxylation is 1. The van der Waals surface area contributed by atoms with Crippen molar-refractivity contribution in [2.45, 2.75) is 51.0 Å². The van der Waals surface area contributed by atoms with Gasteiger partial charge in [0.2, 0.25) is 0 Å². The van der Waals surface area contributed by atoms with Crippen LogP contribution >= 0.6 is 11.8 Å². The first-order valence-electron chi connectivity index (χ1n) is 10.6. The third-order valence-electron chi connectivity index (χ3n) is 5.68. The van der Waals surface area contributed by atoms with E-state index in [2.05, 4.69) is 31.2 Å². The minimum Gasteiger partial charge on any atom is -0.461 e. The minimum absolute atomic E-state index is 0.00968. The highest BCUT2D eigenvalue weighted by molar-refractivity contribution is 8.00. The van der Waals surface area contributed by atoms with E-state index in [1.807, 2.05) is 18.2 Å². The fourth-order valence-electron chi connectivity index (χ4n) is 4.04. The second-order valence-corrected chi connectivity index (χ2v) is 9.49. The number of hydrogen-bond donors (Lipinski definition) is 1. The number of ether oxygens (including phenoxy) is 1. The number of nitrogens with one attached hydrogen (secondary N) is 1. The summed E-state index contributed by atoms with van der Waals surface area (Å²) in [6, 6.07) is 9.02. The Balaban J connectivity index is 1.60. The lowest BCUT2D eigenvalue weighted by Gasteiger charge is -2.36. The maximum atomic E-state index is 12.7. The number of rotatable bonds is 7. The van der Waals surface area contributed by atoms with Crippen molar-refractivity contribution >= 4 is 29.5 Å². The summed E-state index contributed by atoms with van der Waals surface area (Å²) in [7, 11) is 1.79. The monoisotopic (exact) mass is 429 g/mol. The van der Waals surface area contributed by atoms with E-state index in [4.69, 9.17) is 4.74 Å². The molecule has 30 heavy (non-hydrogen) atoms. The first-order chi connectivity index (χ1) is 14.3. The Labute approximate surface area is 182 Å². The molecule has 1 aliphatic carbocycles. The average Bonchev–Trinajstić information content (AvgIpc) is 3.11. The zero-order valence-electron chi connectivity index (χ0n) is 18.1. The van der Waals surface area contributed by atoms with Gasteiger partial charge in [-0.25, -0.2) is 0 Å². The second-order valence-electron chi connectivity index (χ2n) is 8.47. The summed E-state index contributed by atoms with van der Waals surface area (Å²) >= 11 is 1.34. The van der Waals surface area contributed by atoms with Crippen LogP contribution in [0.25, 0.3) is 0 Å². The summed E-state index contributed by atoms with van der Waals surface area (Å²) in [5.41, 5.74) is 0.521. The van der Waals surface area contributed by atoms with Crippen molar-refractivity contribution in [3.8, 4) is 0 Å². The van der Waals surface area contributed by atoms with Gasteiger partial charge in [-0.15, -0.1) is 11.8 Å². The average molecular weight is 430 g/mol. The van der Waals surface area contributed by atoms with Crippen molar-refractivity contribution in [2.24, 2.45) is 24.8 Å². The highest BCUT2D eigenvalue weighted by Gasteiger charge is 2.33. The molecule has 0 radical (unpaired) electrons. The van der Waals surface area contributed by atoms with Crippen LogP contribution in [0.15, 0.2) is 41.4 Å². The lowest BCUT2D eigenvalue weighted by molar-refractivity contribution is -0.152. The van der Waals surface area contributed by atoms with Crippen LogP contribution in [-0.4, -0.2) is 33.5 Å². The Morgan fingerprint density at radius 3 is 2.73 bits per heavy atom. The second kappa shape index (κ2) is 10.2. The molecular weight excluding hydrogens is 398 g/mol. The summed E-state index contributed by atoms with van der Waals surface area (Å²) in [6.45, 7) is 6.63. The molecular formula is C23H31N3O3S. The fraction of sp³-hybridized carbons (Fsp3) is 0.522. The molecule has 1 aliphatic rings. The molecule has 0 aliphatic heterocycles. The third-order valence-corrected chi connectivity index (χ3v) is 6.72. The third kappa shape index (κ3) is 5.88. The highest BCUT2D eigenvalue weighted by atomic mass is 32.2. The Bertz CT molecular complexity index is 880. The van der Waals surface area contributed by atoms with E-state index in [9.17, 15) is 9.59 Å². The Hall–Kier alpha value is -2.28. The molecule has 0 bridgehead atoms. The summed E-state index contributed by atoms with van der Waals surface area (Å²) < 4.78 is 7.51. The predicted octanol–water partition coefficient (Wildman–Crippen LogP) is 4.77. The van der Waals surface area contributed by atoms with Crippen LogP contribution in [0.5, 0.6) is 0 Å². The Morgan fingerprint density at radius 1 is 1.27 bits per heavy atom. The Morgan fingerprint density at radius 2 is 2.03 bits per heavy atom. The number of nitrogens with zero attached hydrogens (tertiary/aromatic N) is 2. The molecule has 7 heteroatoms. The number of thioether (sulfide) groups is 1. The molecule has 1 aromatic carbocycles. The number of benzene rings is 1. The lowest BCUT2D eigenvalue weighted by Crippen LogP contribution is -2.36. The molecule has 3 atom stereocenters. The number of aromatic nitrogens is 2. The molecule has 0 unspecified atom stereocenters. The van der Waals surface area contributed by atoms with E-state index < -0.39 is 0 Å². The molecule has 162 valence electrons. The van der Waals surface area contributed by atoms with Crippen molar-refractivity contribution in [1.29, 1.82) is 0 Å². The largest absolute Gasteiger partial charge is 0.461 e. The van der Waals surface area contributed by atoms with Gasteiger partial charge in [-0.1, -0.05) is 39.3 Å². The molecule has 2 aromatic rings. The van der Waals surface area contributed by atoms with Gasteiger partial charge in [-0.05, 0) is 42.7 Å². The van der Waals surface area contributed by atoms with Crippen LogP contribution in [0.4, 0.5) is 5.82 Å². The summed E-state index contributed by atoms with van der Waals surface area (Å²) in [6.07, 6.45) is 5.00. The van der Waals surface area contributed by atoms with Gasteiger partial charge in [-0.3, -0.25) is 14.3 Å². The molecule has 1 amide bonds. The quantitative estimate of drug-likeness (QED) is 0.507. The van der Waals surface area contributed by atoms with Gasteiger partial charge in [-0.2, -0.15) is 5.10 Å². The van der Waals surface area contributed by atoms with Gasteiger partial charge in [0.25, 0.3) is 5.91 Å². The molecule has 0 saturated heterocycles. The van der Waals surface area contributed by atoms with Gasteiger partial charge in [0.05, 0.1) is 11.3 Å². The summed E-state index contributed by atoms with van der Waals surface area (Å²) in [4.78, 5) is 26.0. The molecule has 1 aromatic heterocycles. The van der Waals surface area contributed by atoms with Crippen molar-refractivity contribution < 1.29 is 14.3 Å². The number of anilines is 1. The van der Waals surface area contributed by atoms with Crippen molar-refractivity contribution in [3.05, 3.63) is 42.1 Å². The molecule has 0 spiro atoms. The van der Waals surface area contributed by atoms with Crippen molar-refractivity contribution in [3.63, 3.8) is 0 Å². The number of hydrogen-bond acceptors (Lipinski definition) is 5. The van der Waals surface area contributed by atoms with Crippen LogP contribution in [0, 0.1) is 17.8 Å². The van der Waals surface area contributed by atoms with Crippen LogP contribution in [-0.2, 0) is 16.6 Å². The van der Waals surface area contributed by atoms with Gasteiger partial charge in [0, 0.05) is 24.2 Å². The van der Waals surface area contributed by atoms with Crippen LogP contribution in [0.2, 0.25) is 0 Å². The van der Waals surface area contributed by atoms with E-state index >= 15 is 0 Å². The smallest absolute Gasteiger partial charge is 0.316 e. The molecule has 3 rings (SSSR count). The SMILES string of the molecule is CC(C)[C@@H]1CC[C@@H](C)C[C@@H]1OC(=O)CSc1ccccc1C(=O)Nc1ccn(C)n1. The standard InChI is InChI=1S/C23H31N3O3S/c1-15(2)17-10-9-16(3)13-19(17)29-22(27)14-30-20-8-6-5-7-18(20)23(28)24-21-11-12-26(4)25-21/h5-8,11-12,15-17,19H,9-10,13-14H2,1-4H3,(H,24,25,28)/t16-,17+,19+/m1/s1. The Kier molecular flexibility index (Phi) is 7.58. The van der Waals surface area contributed by atoms with E-state index in [0.717, 1.165) is 17.7 Å². The zero-order valence-corrected chi connectivity index (χ0v) is 18.9. The number of carbonyl (C=O) groups excluding carboxylic acids is 2. The van der Waals surface area contributed by atoms with E-state index in [-0.39, 0.29) is 23.7 Å². The molecule has 1 N–H and O–H groups in total. The van der Waals surface area contributed by atoms with E-state index in [1.165, 1.54) is 18.2 Å². The molecule has 1 fully saturated rings. The molecule has 1 heterocycles. The zero-order chi connectivity index (χ0) is 21.7. The van der Waals surface area contributed by atoms with Gasteiger partial charge in [0.1, 0.15) is 6.10 Å². The number of amides is 1. The highest BCUT2D eigenvalue weighted by Crippen LogP contribution is 2.35. The molecule has 1 saturated carbocycles. The van der Waals surface area contributed by atoms with Crippen LogP contribution in [0.3, 0.4) is 0 Å². The van der Waals surface area contributed by atoms with E-state index in [0.29, 0.717) is 29.1 Å². The number of esters is 1. The lowest BCUT2D eigenvalue weighted by atomic mass is 9.75. The first kappa shape index (κ1) is 22.4. The minimum atomic E-state index is -0.244. The molecule has 6 nitrogen and oxygen atoms in total. The number of carbonyl (C=O) groups is 2. The normalized spacial score (nSPS) is 21.4. The van der Waals surface area contributed by atoms with Crippen molar-refractivity contribution in [2.75, 3.05) is 11.1 Å². The maximum absolute atomic E-state index is 12.7. The van der Waals surface area contributed by atoms with E-state index in [1.54, 1.807) is 30.1 Å². The van der Waals surface area contributed by atoms with Crippen LogP contribution in [0.1, 0.15) is 50.4 Å². The summed E-state index contributed by atoms with van der Waals surface area (Å²) in [5.74, 6) is 1.72. The summed E-state index contributed by atoms with van der Waals surface area (Å²) in [5, 5.41) is 6.97. The topological polar surface area (TPSA) is 73.2 Å². The predicted molar refractivity (Wildman–Crippen MR) is 120 cm³/mol. The maximum Gasteiger partial charge on any atom is 0.316 e. The van der Waals surface area contributed by atoms with Crippen molar-refractivity contribution in [1.82, 2.24) is 9.78 Å². The van der Waals surface area contributed by atoms with Gasteiger partial charge < -0.3 is 10.1 Å². The first-order valence-corrected chi connectivity index (χ1v) is 11.5. The van der Waals surface area contributed by atoms with Gasteiger partial charge >= 0.3 is 5.97 Å².